The van der Waals surface area contributed by atoms with Crippen LogP contribution in [0.3, 0.4) is 0 Å². The van der Waals surface area contributed by atoms with E-state index in [4.69, 9.17) is 5.73 Å². The summed E-state index contributed by atoms with van der Waals surface area (Å²) < 4.78 is 0. The second kappa shape index (κ2) is 7.37. The zero-order chi connectivity index (χ0) is 12.6. The summed E-state index contributed by atoms with van der Waals surface area (Å²) in [5.74, 6) is 0.867. The number of aromatic amines is 1. The molecule has 3 N–H and O–H groups in total. The number of H-pyrrole nitrogens is 1. The first-order valence-electron chi connectivity index (χ1n) is 7.24. The Kier molecular flexibility index (Phi) is 5.46. The molecule has 0 unspecified atom stereocenters. The first-order chi connectivity index (χ1) is 8.84. The average molecular weight is 247 g/mol. The second-order valence-electron chi connectivity index (χ2n) is 5.45. The normalized spacial score (nSPS) is 19.4. The van der Waals surface area contributed by atoms with Crippen LogP contribution < -0.4 is 5.73 Å². The number of hydrogen-bond donors (Lipinski definition) is 2. The molecule has 0 aliphatic heterocycles. The average Bonchev–Trinajstić information content (AvgIpc) is 2.89. The molecule has 1 aliphatic carbocycles. The number of rotatable bonds is 6. The quantitative estimate of drug-likeness (QED) is 0.758. The lowest BCUT2D eigenvalue weighted by Gasteiger charge is -2.23. The molecule has 0 bridgehead atoms. The van der Waals surface area contributed by atoms with Gasteiger partial charge in [0.1, 0.15) is 0 Å². The number of allylic oxidation sites excluding steroid dienone is 1. The van der Waals surface area contributed by atoms with E-state index in [1.165, 1.54) is 44.2 Å². The number of aryl methyl sites for hydroxylation is 1. The van der Waals surface area contributed by atoms with E-state index in [1.807, 2.05) is 6.20 Å². The monoisotopic (exact) mass is 247 g/mol. The van der Waals surface area contributed by atoms with Gasteiger partial charge in [0.25, 0.3) is 0 Å². The summed E-state index contributed by atoms with van der Waals surface area (Å²) in [4.78, 5) is 7.12. The Balaban J connectivity index is 1.62. The molecule has 1 aromatic heterocycles. The smallest absolute Gasteiger partial charge is 0.0921 e. The van der Waals surface area contributed by atoms with Crippen LogP contribution in [0, 0.1) is 5.92 Å². The summed E-state index contributed by atoms with van der Waals surface area (Å²) >= 11 is 0. The minimum Gasteiger partial charge on any atom is -0.348 e. The zero-order valence-electron chi connectivity index (χ0n) is 11.1. The largest absolute Gasteiger partial charge is 0.348 e. The molecule has 0 spiro atoms. The van der Waals surface area contributed by atoms with E-state index in [2.05, 4.69) is 22.1 Å². The molecule has 1 fully saturated rings. The molecule has 1 atom stereocenters. The van der Waals surface area contributed by atoms with Gasteiger partial charge in [-0.3, -0.25) is 0 Å². The SMILES string of the molecule is N[C@H](C=CCCc1cnc[nH]1)CC1CCCCC1. The molecule has 3 nitrogen and oxygen atoms in total. The summed E-state index contributed by atoms with van der Waals surface area (Å²) in [7, 11) is 0. The third-order valence-electron chi connectivity index (χ3n) is 3.85. The van der Waals surface area contributed by atoms with Gasteiger partial charge in [-0.2, -0.15) is 0 Å². The summed E-state index contributed by atoms with van der Waals surface area (Å²) in [6, 6.07) is 0.245. The highest BCUT2D eigenvalue weighted by Gasteiger charge is 2.15. The van der Waals surface area contributed by atoms with Crippen molar-refractivity contribution < 1.29 is 0 Å². The van der Waals surface area contributed by atoms with Gasteiger partial charge < -0.3 is 10.7 Å². The zero-order valence-corrected chi connectivity index (χ0v) is 11.1. The van der Waals surface area contributed by atoms with E-state index in [-0.39, 0.29) is 6.04 Å². The van der Waals surface area contributed by atoms with Crippen molar-refractivity contribution in [2.75, 3.05) is 0 Å². The van der Waals surface area contributed by atoms with Gasteiger partial charge in [-0.15, -0.1) is 0 Å². The fourth-order valence-corrected chi connectivity index (χ4v) is 2.82. The van der Waals surface area contributed by atoms with Gasteiger partial charge >= 0.3 is 0 Å². The summed E-state index contributed by atoms with van der Waals surface area (Å²) in [5.41, 5.74) is 7.35. The maximum absolute atomic E-state index is 6.16. The van der Waals surface area contributed by atoms with Crippen LogP contribution in [0.2, 0.25) is 0 Å². The molecule has 2 rings (SSSR count). The molecular formula is C15H25N3. The number of nitrogens with two attached hydrogens (primary N) is 1. The van der Waals surface area contributed by atoms with E-state index in [9.17, 15) is 0 Å². The maximum Gasteiger partial charge on any atom is 0.0921 e. The van der Waals surface area contributed by atoms with Gasteiger partial charge in [0.15, 0.2) is 0 Å². The van der Waals surface area contributed by atoms with Crippen LogP contribution in [0.1, 0.15) is 50.6 Å². The van der Waals surface area contributed by atoms with Gasteiger partial charge in [0.2, 0.25) is 0 Å². The van der Waals surface area contributed by atoms with Crippen LogP contribution in [0.4, 0.5) is 0 Å². The van der Waals surface area contributed by atoms with Crippen molar-refractivity contribution in [2.45, 2.75) is 57.4 Å². The Bertz CT molecular complexity index is 337. The third kappa shape index (κ3) is 4.65. The summed E-state index contributed by atoms with van der Waals surface area (Å²) in [6.45, 7) is 0. The van der Waals surface area contributed by atoms with Crippen LogP contribution in [-0.2, 0) is 6.42 Å². The molecule has 0 saturated heterocycles. The fraction of sp³-hybridized carbons (Fsp3) is 0.667. The molecule has 0 amide bonds. The van der Waals surface area contributed by atoms with Crippen molar-refractivity contribution >= 4 is 0 Å². The van der Waals surface area contributed by atoms with E-state index in [0.717, 1.165) is 18.8 Å². The summed E-state index contributed by atoms with van der Waals surface area (Å²) in [5, 5.41) is 0. The second-order valence-corrected chi connectivity index (χ2v) is 5.45. The molecule has 0 aromatic carbocycles. The van der Waals surface area contributed by atoms with E-state index in [0.29, 0.717) is 0 Å². The van der Waals surface area contributed by atoms with E-state index < -0.39 is 0 Å². The van der Waals surface area contributed by atoms with Crippen molar-refractivity contribution in [3.05, 3.63) is 30.4 Å². The molecule has 18 heavy (non-hydrogen) atoms. The molecule has 3 heteroatoms. The number of aromatic nitrogens is 2. The molecule has 1 saturated carbocycles. The van der Waals surface area contributed by atoms with E-state index in [1.54, 1.807) is 6.33 Å². The van der Waals surface area contributed by atoms with Crippen LogP contribution in [0.5, 0.6) is 0 Å². The standard InChI is InChI=1S/C15H25N3/c16-14(10-13-6-2-1-3-7-13)8-4-5-9-15-11-17-12-18-15/h4,8,11-14H,1-3,5-7,9-10,16H2,(H,17,18)/t14-/m1/s1. The lowest BCUT2D eigenvalue weighted by Crippen LogP contribution is -2.22. The minimum absolute atomic E-state index is 0.245. The van der Waals surface area contributed by atoms with Crippen molar-refractivity contribution in [1.29, 1.82) is 0 Å². The van der Waals surface area contributed by atoms with Gasteiger partial charge in [-0.1, -0.05) is 44.3 Å². The number of imidazole rings is 1. The van der Waals surface area contributed by atoms with Crippen LogP contribution in [-0.4, -0.2) is 16.0 Å². The Hall–Kier alpha value is -1.09. The van der Waals surface area contributed by atoms with Crippen LogP contribution in [0.15, 0.2) is 24.7 Å². The third-order valence-corrected chi connectivity index (χ3v) is 3.85. The van der Waals surface area contributed by atoms with Gasteiger partial charge in [0.05, 0.1) is 6.33 Å². The van der Waals surface area contributed by atoms with Crippen molar-refractivity contribution in [1.82, 2.24) is 9.97 Å². The minimum atomic E-state index is 0.245. The first-order valence-corrected chi connectivity index (χ1v) is 7.24. The Morgan fingerprint density at radius 2 is 2.22 bits per heavy atom. The molecule has 1 aromatic rings. The molecule has 0 radical (unpaired) electrons. The number of nitrogens with zero attached hydrogens (tertiary/aromatic N) is 1. The Morgan fingerprint density at radius 3 is 2.94 bits per heavy atom. The highest BCUT2D eigenvalue weighted by Crippen LogP contribution is 2.27. The lowest BCUT2D eigenvalue weighted by molar-refractivity contribution is 0.329. The van der Waals surface area contributed by atoms with Crippen molar-refractivity contribution in [3.63, 3.8) is 0 Å². The predicted molar refractivity (Wildman–Crippen MR) is 75.2 cm³/mol. The number of nitrogens with one attached hydrogen (secondary N) is 1. The van der Waals surface area contributed by atoms with Crippen molar-refractivity contribution in [2.24, 2.45) is 11.7 Å². The highest BCUT2D eigenvalue weighted by atomic mass is 14.9. The Morgan fingerprint density at radius 1 is 1.39 bits per heavy atom. The van der Waals surface area contributed by atoms with Gasteiger partial charge in [-0.05, 0) is 25.2 Å². The van der Waals surface area contributed by atoms with Crippen LogP contribution in [0.25, 0.3) is 0 Å². The van der Waals surface area contributed by atoms with Gasteiger partial charge in [-0.25, -0.2) is 4.98 Å². The Labute approximate surface area is 110 Å². The van der Waals surface area contributed by atoms with Crippen LogP contribution >= 0.6 is 0 Å². The molecule has 100 valence electrons. The molecular weight excluding hydrogens is 222 g/mol. The van der Waals surface area contributed by atoms with Crippen molar-refractivity contribution in [3.8, 4) is 0 Å². The lowest BCUT2D eigenvalue weighted by atomic mass is 9.85. The van der Waals surface area contributed by atoms with Gasteiger partial charge in [0, 0.05) is 17.9 Å². The first kappa shape index (κ1) is 13.3. The molecule has 1 heterocycles. The van der Waals surface area contributed by atoms with E-state index >= 15 is 0 Å². The molecule has 1 aliphatic rings. The fourth-order valence-electron chi connectivity index (χ4n) is 2.82. The number of hydrogen-bond acceptors (Lipinski definition) is 2. The maximum atomic E-state index is 6.16. The predicted octanol–water partition coefficient (Wildman–Crippen LogP) is 3.20. The highest BCUT2D eigenvalue weighted by molar-refractivity contribution is 4.99. The topological polar surface area (TPSA) is 54.7 Å². The summed E-state index contributed by atoms with van der Waals surface area (Å²) in [6.07, 6.45) is 18.2.